The Morgan fingerprint density at radius 2 is 1.94 bits per heavy atom. The van der Waals surface area contributed by atoms with E-state index in [0.717, 1.165) is 6.54 Å². The monoisotopic (exact) mass is 242 g/mol. The predicted octanol–water partition coefficient (Wildman–Crippen LogP) is 0.554. The van der Waals surface area contributed by atoms with Crippen molar-refractivity contribution in [3.05, 3.63) is 0 Å². The van der Waals surface area contributed by atoms with Crippen molar-refractivity contribution in [3.63, 3.8) is 0 Å². The van der Waals surface area contributed by atoms with E-state index in [2.05, 4.69) is 5.32 Å². The van der Waals surface area contributed by atoms with Crippen molar-refractivity contribution >= 4 is 11.9 Å². The summed E-state index contributed by atoms with van der Waals surface area (Å²) in [7, 11) is 0. The van der Waals surface area contributed by atoms with E-state index in [0.29, 0.717) is 6.54 Å². The number of hydrogen-bond acceptors (Lipinski definition) is 3. The molecule has 2 N–H and O–H groups in total. The molecule has 0 spiro atoms. The largest absolute Gasteiger partial charge is 0.480 e. The van der Waals surface area contributed by atoms with Crippen LogP contribution in [-0.4, -0.2) is 47.1 Å². The van der Waals surface area contributed by atoms with Crippen molar-refractivity contribution in [2.75, 3.05) is 19.6 Å². The molecule has 2 atom stereocenters. The van der Waals surface area contributed by atoms with E-state index in [1.54, 1.807) is 0 Å². The Labute approximate surface area is 102 Å². The lowest BCUT2D eigenvalue weighted by Crippen LogP contribution is -2.51. The van der Waals surface area contributed by atoms with Gasteiger partial charge in [0.05, 0.1) is 5.92 Å². The van der Waals surface area contributed by atoms with Gasteiger partial charge in [0.2, 0.25) is 5.91 Å². The van der Waals surface area contributed by atoms with Crippen LogP contribution in [0.2, 0.25) is 0 Å². The molecule has 5 heteroatoms. The van der Waals surface area contributed by atoms with Gasteiger partial charge < -0.3 is 15.3 Å². The molecule has 1 heterocycles. The van der Waals surface area contributed by atoms with Crippen molar-refractivity contribution in [2.24, 2.45) is 11.8 Å². The maximum atomic E-state index is 12.4. The molecule has 1 aliphatic rings. The molecule has 0 saturated carbocycles. The maximum Gasteiger partial charge on any atom is 0.323 e. The molecule has 5 nitrogen and oxygen atoms in total. The fourth-order valence-electron chi connectivity index (χ4n) is 2.12. The number of carbonyl (C=O) groups is 2. The number of aliphatic carboxylic acids is 1. The van der Waals surface area contributed by atoms with Crippen LogP contribution in [0.15, 0.2) is 0 Å². The van der Waals surface area contributed by atoms with Crippen molar-refractivity contribution in [1.82, 2.24) is 10.2 Å². The van der Waals surface area contributed by atoms with Crippen LogP contribution in [0, 0.1) is 11.8 Å². The number of carbonyl (C=O) groups excluding carboxylic acids is 1. The summed E-state index contributed by atoms with van der Waals surface area (Å²) in [6, 6.07) is 0. The number of nitrogens with one attached hydrogen (secondary N) is 1. The van der Waals surface area contributed by atoms with Crippen molar-refractivity contribution in [1.29, 1.82) is 0 Å². The number of nitrogens with zero attached hydrogens (tertiary/aromatic N) is 1. The maximum absolute atomic E-state index is 12.4. The Hall–Kier alpha value is -1.10. The van der Waals surface area contributed by atoms with Gasteiger partial charge in [0.1, 0.15) is 6.54 Å². The van der Waals surface area contributed by atoms with Gasteiger partial charge in [-0.1, -0.05) is 6.92 Å². The molecule has 0 aliphatic carbocycles. The van der Waals surface area contributed by atoms with E-state index >= 15 is 0 Å². The van der Waals surface area contributed by atoms with Gasteiger partial charge in [0.25, 0.3) is 0 Å². The molecule has 0 radical (unpaired) electrons. The molecule has 0 unspecified atom stereocenters. The van der Waals surface area contributed by atoms with Crippen molar-refractivity contribution in [3.8, 4) is 0 Å². The van der Waals surface area contributed by atoms with Crippen LogP contribution >= 0.6 is 0 Å². The van der Waals surface area contributed by atoms with Crippen LogP contribution < -0.4 is 5.32 Å². The lowest BCUT2D eigenvalue weighted by molar-refractivity contribution is -0.150. The third kappa shape index (κ3) is 3.43. The summed E-state index contributed by atoms with van der Waals surface area (Å²) in [6.45, 7) is 8.84. The highest BCUT2D eigenvalue weighted by Gasteiger charge is 2.37. The predicted molar refractivity (Wildman–Crippen MR) is 64.6 cm³/mol. The minimum Gasteiger partial charge on any atom is -0.480 e. The van der Waals surface area contributed by atoms with Gasteiger partial charge in [-0.3, -0.25) is 9.59 Å². The molecule has 1 fully saturated rings. The van der Waals surface area contributed by atoms with Gasteiger partial charge in [-0.2, -0.15) is 0 Å². The molecule has 1 amide bonds. The van der Waals surface area contributed by atoms with Crippen LogP contribution in [0.25, 0.3) is 0 Å². The molecule has 98 valence electrons. The van der Waals surface area contributed by atoms with Crippen molar-refractivity contribution < 1.29 is 14.7 Å². The second-order valence-electron chi connectivity index (χ2n) is 5.73. The fraction of sp³-hybridized carbons (Fsp3) is 0.833. The summed E-state index contributed by atoms with van der Waals surface area (Å²) in [5, 5.41) is 12.1. The molecular formula is C12H22N2O3. The number of rotatable bonds is 3. The highest BCUT2D eigenvalue weighted by molar-refractivity contribution is 5.84. The molecule has 1 rings (SSSR count). The number of hydrogen-bond donors (Lipinski definition) is 2. The Bertz CT molecular complexity index is 309. The molecular weight excluding hydrogens is 220 g/mol. The second kappa shape index (κ2) is 5.04. The quantitative estimate of drug-likeness (QED) is 0.758. The Morgan fingerprint density at radius 1 is 1.35 bits per heavy atom. The molecule has 1 saturated heterocycles. The third-order valence-electron chi connectivity index (χ3n) is 3.20. The first-order valence-electron chi connectivity index (χ1n) is 5.97. The lowest BCUT2D eigenvalue weighted by Gasteiger charge is -2.36. The zero-order valence-corrected chi connectivity index (χ0v) is 11.0. The number of amides is 1. The Morgan fingerprint density at radius 3 is 2.29 bits per heavy atom. The third-order valence-corrected chi connectivity index (χ3v) is 3.20. The SMILES string of the molecule is C[C@@H]1CNC[C@H]1C(=O)N(CC(=O)O)C(C)(C)C. The molecule has 17 heavy (non-hydrogen) atoms. The van der Waals surface area contributed by atoms with E-state index in [9.17, 15) is 9.59 Å². The highest BCUT2D eigenvalue weighted by Crippen LogP contribution is 2.23. The minimum absolute atomic E-state index is 0.0580. The first-order chi connectivity index (χ1) is 7.73. The van der Waals surface area contributed by atoms with E-state index in [1.165, 1.54) is 4.90 Å². The first kappa shape index (κ1) is 14.0. The molecule has 0 aromatic carbocycles. The minimum atomic E-state index is -0.966. The zero-order valence-electron chi connectivity index (χ0n) is 11.0. The Balaban J connectivity index is 2.83. The van der Waals surface area contributed by atoms with Gasteiger partial charge in [-0.15, -0.1) is 0 Å². The van der Waals surface area contributed by atoms with Crippen LogP contribution in [0.3, 0.4) is 0 Å². The zero-order chi connectivity index (χ0) is 13.2. The summed E-state index contributed by atoms with van der Waals surface area (Å²) < 4.78 is 0. The first-order valence-corrected chi connectivity index (χ1v) is 5.97. The summed E-state index contributed by atoms with van der Waals surface area (Å²) in [4.78, 5) is 24.7. The van der Waals surface area contributed by atoms with Gasteiger partial charge in [0, 0.05) is 12.1 Å². The van der Waals surface area contributed by atoms with Gasteiger partial charge in [-0.25, -0.2) is 0 Å². The summed E-state index contributed by atoms with van der Waals surface area (Å²) in [5.74, 6) is -0.862. The summed E-state index contributed by atoms with van der Waals surface area (Å²) >= 11 is 0. The van der Waals surface area contributed by atoms with E-state index < -0.39 is 11.5 Å². The molecule has 1 aliphatic heterocycles. The molecule has 0 bridgehead atoms. The van der Waals surface area contributed by atoms with Crippen LogP contribution in [0.4, 0.5) is 0 Å². The van der Waals surface area contributed by atoms with Crippen molar-refractivity contribution in [2.45, 2.75) is 33.2 Å². The average molecular weight is 242 g/mol. The van der Waals surface area contributed by atoms with Gasteiger partial charge in [-0.05, 0) is 33.2 Å². The van der Waals surface area contributed by atoms with E-state index in [1.807, 2.05) is 27.7 Å². The number of carboxylic acids is 1. The second-order valence-corrected chi connectivity index (χ2v) is 5.73. The van der Waals surface area contributed by atoms with Gasteiger partial charge in [0.15, 0.2) is 0 Å². The molecule has 0 aromatic rings. The van der Waals surface area contributed by atoms with E-state index in [4.69, 9.17) is 5.11 Å². The standard InChI is InChI=1S/C12H22N2O3/c1-8-5-13-6-9(8)11(17)14(7-10(15)16)12(2,3)4/h8-9,13H,5-7H2,1-4H3,(H,15,16)/t8-,9-/m1/s1. The lowest BCUT2D eigenvalue weighted by atomic mass is 9.94. The van der Waals surface area contributed by atoms with Gasteiger partial charge >= 0.3 is 5.97 Å². The van der Waals surface area contributed by atoms with Crippen LogP contribution in [-0.2, 0) is 9.59 Å². The Kier molecular flexibility index (Phi) is 4.14. The van der Waals surface area contributed by atoms with Crippen LogP contribution in [0.1, 0.15) is 27.7 Å². The number of carboxylic acid groups (broad SMARTS) is 1. The summed E-state index contributed by atoms with van der Waals surface area (Å²) in [6.07, 6.45) is 0. The summed E-state index contributed by atoms with van der Waals surface area (Å²) in [5.41, 5.74) is -0.461. The average Bonchev–Trinajstić information content (AvgIpc) is 2.58. The topological polar surface area (TPSA) is 69.6 Å². The van der Waals surface area contributed by atoms with Crippen LogP contribution in [0.5, 0.6) is 0 Å². The molecule has 0 aromatic heterocycles. The fourth-order valence-corrected chi connectivity index (χ4v) is 2.12. The van der Waals surface area contributed by atoms with E-state index in [-0.39, 0.29) is 24.3 Å². The smallest absolute Gasteiger partial charge is 0.323 e. The normalized spacial score (nSPS) is 24.7. The highest BCUT2D eigenvalue weighted by atomic mass is 16.4.